The van der Waals surface area contributed by atoms with Gasteiger partial charge in [-0.3, -0.25) is 0 Å². The van der Waals surface area contributed by atoms with Gasteiger partial charge in [-0.15, -0.1) is 0 Å². The van der Waals surface area contributed by atoms with E-state index >= 15 is 0 Å². The molecule has 0 aliphatic heterocycles. The normalized spacial score (nSPS) is 17.0. The molecule has 0 saturated carbocycles. The molecule has 0 unspecified atom stereocenters. The third kappa shape index (κ3) is 8.17. The van der Waals surface area contributed by atoms with Crippen LogP contribution in [-0.2, 0) is 9.13 Å². The summed E-state index contributed by atoms with van der Waals surface area (Å²) >= 11 is 0. The highest BCUT2D eigenvalue weighted by Crippen LogP contribution is 2.56. The minimum absolute atomic E-state index is 0.0963. The molecule has 4 atom stereocenters. The molecule has 0 aliphatic carbocycles. The van der Waals surface area contributed by atoms with Gasteiger partial charge in [-0.25, -0.2) is 19.9 Å². The Morgan fingerprint density at radius 1 is 0.478 bits per heavy atom. The van der Waals surface area contributed by atoms with E-state index in [4.69, 9.17) is 19.9 Å². The standard InChI is InChI=1S/2C18H28N2OP2/c2*1-17(2,3)22(7)15-16(23(8,21)18(4,5)6)20-14-12-10-9-11-13(14)19-15/h2*9-12H,1-8H3/t22-,23+;22-,23-/m00/s1. The maximum Gasteiger partial charge on any atom is 0.137 e. The second-order valence-corrected chi connectivity index (χ2v) is 29.4. The average molecular weight is 701 g/mol. The van der Waals surface area contributed by atoms with Crippen molar-refractivity contribution in [1.29, 1.82) is 0 Å². The van der Waals surface area contributed by atoms with Crippen molar-refractivity contribution in [3.8, 4) is 0 Å². The molecule has 10 heteroatoms. The Balaban J connectivity index is 0.000000250. The number of hydrogen-bond acceptors (Lipinski definition) is 6. The Labute approximate surface area is 281 Å². The Morgan fingerprint density at radius 3 is 0.935 bits per heavy atom. The van der Waals surface area contributed by atoms with E-state index in [1.165, 1.54) is 0 Å². The molecule has 0 fully saturated rings. The second-order valence-electron chi connectivity index (χ2n) is 16.4. The maximum atomic E-state index is 13.6. The summed E-state index contributed by atoms with van der Waals surface area (Å²) in [4.78, 5) is 19.5. The van der Waals surface area contributed by atoms with Gasteiger partial charge in [-0.2, -0.15) is 0 Å². The number of fused-ring (bicyclic) bond motifs is 2. The highest BCUT2D eigenvalue weighted by Gasteiger charge is 2.41. The fraction of sp³-hybridized carbons (Fsp3) is 0.556. The van der Waals surface area contributed by atoms with Gasteiger partial charge in [0.1, 0.15) is 25.2 Å². The first kappa shape index (κ1) is 38.9. The third-order valence-electron chi connectivity index (χ3n) is 9.09. The van der Waals surface area contributed by atoms with Gasteiger partial charge >= 0.3 is 0 Å². The van der Waals surface area contributed by atoms with E-state index < -0.39 is 30.1 Å². The molecule has 0 aliphatic rings. The summed E-state index contributed by atoms with van der Waals surface area (Å²) in [6.07, 6.45) is 0. The molecule has 0 amide bonds. The van der Waals surface area contributed by atoms with Crippen molar-refractivity contribution in [2.75, 3.05) is 26.7 Å². The van der Waals surface area contributed by atoms with Crippen LogP contribution < -0.4 is 21.7 Å². The zero-order valence-electron chi connectivity index (χ0n) is 31.0. The van der Waals surface area contributed by atoms with Crippen molar-refractivity contribution in [1.82, 2.24) is 19.9 Å². The van der Waals surface area contributed by atoms with E-state index in [1.807, 2.05) is 103 Å². The summed E-state index contributed by atoms with van der Waals surface area (Å²) in [7, 11) is -6.44. The van der Waals surface area contributed by atoms with Gasteiger partial charge in [0.2, 0.25) is 0 Å². The van der Waals surface area contributed by atoms with Gasteiger partial charge in [0, 0.05) is 10.3 Å². The SMILES string of the molecule is C[P@@](c1nc2ccccc2nc1[P@@](C)(=O)C(C)(C)C)C(C)(C)C.C[P@@](c1nc2ccccc2nc1[P@](C)(=O)C(C)(C)C)C(C)(C)C. The quantitative estimate of drug-likeness (QED) is 0.198. The Morgan fingerprint density at radius 2 is 0.717 bits per heavy atom. The molecule has 6 nitrogen and oxygen atoms in total. The van der Waals surface area contributed by atoms with Crippen molar-refractivity contribution in [3.63, 3.8) is 0 Å². The molecule has 4 aromatic rings. The lowest BCUT2D eigenvalue weighted by Gasteiger charge is -2.33. The van der Waals surface area contributed by atoms with Crippen LogP contribution in [0.2, 0.25) is 0 Å². The molecule has 0 N–H and O–H groups in total. The Hall–Kier alpha value is -1.56. The fourth-order valence-corrected chi connectivity index (χ4v) is 11.5. The Kier molecular flexibility index (Phi) is 11.3. The number of rotatable bonds is 4. The zero-order chi connectivity index (χ0) is 35.3. The molecule has 0 spiro atoms. The van der Waals surface area contributed by atoms with E-state index in [2.05, 4.69) is 54.9 Å². The predicted octanol–water partition coefficient (Wildman–Crippen LogP) is 9.16. The predicted molar refractivity (Wildman–Crippen MR) is 209 cm³/mol. The van der Waals surface area contributed by atoms with Gasteiger partial charge in [0.15, 0.2) is 0 Å². The van der Waals surface area contributed by atoms with E-state index in [9.17, 15) is 9.13 Å². The number of benzene rings is 2. The van der Waals surface area contributed by atoms with Gasteiger partial charge in [0.25, 0.3) is 0 Å². The van der Waals surface area contributed by atoms with Gasteiger partial charge in [-0.05, 0) is 61.2 Å². The number of nitrogens with zero attached hydrogens (tertiary/aromatic N) is 4. The van der Waals surface area contributed by atoms with E-state index in [0.29, 0.717) is 0 Å². The first-order valence-electron chi connectivity index (χ1n) is 15.9. The molecule has 2 aromatic carbocycles. The topological polar surface area (TPSA) is 85.7 Å². The molecule has 252 valence electrons. The molecular formula is C36H56N4O2P4. The lowest BCUT2D eigenvalue weighted by Crippen LogP contribution is -2.38. The van der Waals surface area contributed by atoms with Gasteiger partial charge in [-0.1, -0.05) is 123 Å². The second kappa shape index (κ2) is 13.4. The van der Waals surface area contributed by atoms with Gasteiger partial charge < -0.3 is 9.13 Å². The van der Waals surface area contributed by atoms with Crippen LogP contribution in [-0.4, -0.2) is 67.2 Å². The van der Waals surface area contributed by atoms with Crippen LogP contribution in [0.1, 0.15) is 83.1 Å². The smallest absolute Gasteiger partial charge is 0.137 e. The summed E-state index contributed by atoms with van der Waals surface area (Å²) in [6.45, 7) is 33.7. The van der Waals surface area contributed by atoms with Crippen LogP contribution in [0.15, 0.2) is 48.5 Å². The number of hydrogen-bond donors (Lipinski definition) is 0. The Bertz CT molecular complexity index is 1680. The summed E-state index contributed by atoms with van der Waals surface area (Å²) < 4.78 is 27.3. The van der Waals surface area contributed by atoms with Crippen molar-refractivity contribution >= 4 is 73.9 Å². The minimum Gasteiger partial charge on any atom is -0.317 e. The van der Waals surface area contributed by atoms with Crippen LogP contribution in [0.5, 0.6) is 0 Å². The molecule has 0 radical (unpaired) electrons. The fourth-order valence-electron chi connectivity index (χ4n) is 4.26. The lowest BCUT2D eigenvalue weighted by atomic mass is 10.3. The highest BCUT2D eigenvalue weighted by molar-refractivity contribution is 7.76. The lowest BCUT2D eigenvalue weighted by molar-refractivity contribution is 0.560. The third-order valence-corrected chi connectivity index (χ3v) is 22.7. The zero-order valence-corrected chi connectivity index (χ0v) is 34.6. The number of aromatic nitrogens is 4. The maximum absolute atomic E-state index is 13.6. The minimum atomic E-state index is -2.65. The van der Waals surface area contributed by atoms with Crippen molar-refractivity contribution in [3.05, 3.63) is 48.5 Å². The molecule has 0 bridgehead atoms. The molecular weight excluding hydrogens is 644 g/mol. The summed E-state index contributed by atoms with van der Waals surface area (Å²) in [5, 5.41) is -0.460. The number of para-hydroxylation sites is 4. The average Bonchev–Trinajstić information content (AvgIpc) is 2.93. The van der Waals surface area contributed by atoms with Crippen LogP contribution in [0.25, 0.3) is 22.1 Å². The first-order chi connectivity index (χ1) is 20.7. The summed E-state index contributed by atoms with van der Waals surface area (Å²) in [5.74, 6) is 0. The molecule has 2 aromatic heterocycles. The van der Waals surface area contributed by atoms with Crippen molar-refractivity contribution in [2.45, 2.75) is 104 Å². The first-order valence-corrected chi connectivity index (χ1v) is 23.8. The monoisotopic (exact) mass is 700 g/mol. The molecule has 2 heterocycles. The molecule has 4 rings (SSSR count). The van der Waals surface area contributed by atoms with Gasteiger partial charge in [0.05, 0.1) is 32.9 Å². The van der Waals surface area contributed by atoms with Crippen molar-refractivity contribution < 1.29 is 9.13 Å². The van der Waals surface area contributed by atoms with E-state index in [-0.39, 0.29) is 20.6 Å². The van der Waals surface area contributed by atoms with Crippen molar-refractivity contribution in [2.24, 2.45) is 0 Å². The summed E-state index contributed by atoms with van der Waals surface area (Å²) in [6, 6.07) is 15.7. The summed E-state index contributed by atoms with van der Waals surface area (Å²) in [5.41, 5.74) is 6.79. The van der Waals surface area contributed by atoms with Crippen LogP contribution >= 0.6 is 30.1 Å². The largest absolute Gasteiger partial charge is 0.317 e. The van der Waals surface area contributed by atoms with Crippen LogP contribution in [0.3, 0.4) is 0 Å². The molecule has 46 heavy (non-hydrogen) atoms. The van der Waals surface area contributed by atoms with E-state index in [0.717, 1.165) is 43.8 Å². The van der Waals surface area contributed by atoms with Crippen LogP contribution in [0.4, 0.5) is 0 Å². The van der Waals surface area contributed by atoms with E-state index in [1.54, 1.807) is 0 Å². The molecule has 0 saturated heterocycles. The van der Waals surface area contributed by atoms with Crippen LogP contribution in [0, 0.1) is 0 Å². The highest BCUT2D eigenvalue weighted by atomic mass is 31.2.